The number of hydrogen-bond acceptors (Lipinski definition) is 2. The van der Waals surface area contributed by atoms with E-state index in [-0.39, 0.29) is 18.5 Å². The fourth-order valence-electron chi connectivity index (χ4n) is 3.61. The predicted octanol–water partition coefficient (Wildman–Crippen LogP) is 5.14. The van der Waals surface area contributed by atoms with Crippen molar-refractivity contribution < 1.29 is 4.79 Å². The third kappa shape index (κ3) is 4.06. The molecule has 4 aromatic rings. The molecule has 0 saturated heterocycles. The number of carbonyl (C=O) groups is 1. The van der Waals surface area contributed by atoms with Gasteiger partial charge in [0.25, 0.3) is 0 Å². The Hall–Kier alpha value is -3.40. The zero-order chi connectivity index (χ0) is 20.2. The molecule has 1 aromatic heterocycles. The van der Waals surface area contributed by atoms with Crippen molar-refractivity contribution in [3.63, 3.8) is 0 Å². The second kappa shape index (κ2) is 8.31. The number of fused-ring (bicyclic) bond motifs is 1. The van der Waals surface area contributed by atoms with Crippen molar-refractivity contribution in [2.75, 3.05) is 0 Å². The van der Waals surface area contributed by atoms with Gasteiger partial charge in [-0.2, -0.15) is 0 Å². The minimum Gasteiger partial charge on any atom is -0.334 e. The molecule has 4 nitrogen and oxygen atoms in total. The summed E-state index contributed by atoms with van der Waals surface area (Å²) in [5.74, 6) is 0.910. The van der Waals surface area contributed by atoms with Crippen LogP contribution in [0.5, 0.6) is 0 Å². The van der Waals surface area contributed by atoms with Crippen molar-refractivity contribution in [3.05, 3.63) is 90.5 Å². The number of benzene rings is 3. The highest BCUT2D eigenvalue weighted by Crippen LogP contribution is 2.25. The number of nitrogens with zero attached hydrogens (tertiary/aromatic N) is 3. The van der Waals surface area contributed by atoms with E-state index in [1.807, 2.05) is 82.3 Å². The number of carbonyl (C=O) groups excluding carboxylic acids is 1. The van der Waals surface area contributed by atoms with Crippen molar-refractivity contribution in [3.8, 4) is 11.4 Å². The van der Waals surface area contributed by atoms with Crippen molar-refractivity contribution in [1.29, 1.82) is 0 Å². The zero-order valence-corrected chi connectivity index (χ0v) is 16.8. The van der Waals surface area contributed by atoms with Crippen LogP contribution in [0.4, 0.5) is 0 Å². The van der Waals surface area contributed by atoms with E-state index in [1.54, 1.807) is 0 Å². The van der Waals surface area contributed by atoms with Gasteiger partial charge in [0.1, 0.15) is 12.4 Å². The summed E-state index contributed by atoms with van der Waals surface area (Å²) in [4.78, 5) is 20.1. The first-order chi connectivity index (χ1) is 14.1. The lowest BCUT2D eigenvalue weighted by Crippen LogP contribution is -2.38. The lowest BCUT2D eigenvalue weighted by atomic mass is 10.2. The average molecular weight is 383 g/mol. The molecule has 29 heavy (non-hydrogen) atoms. The summed E-state index contributed by atoms with van der Waals surface area (Å²) in [5.41, 5.74) is 4.02. The average Bonchev–Trinajstić information content (AvgIpc) is 3.11. The molecular weight excluding hydrogens is 358 g/mol. The van der Waals surface area contributed by atoms with Gasteiger partial charge >= 0.3 is 0 Å². The molecule has 0 bridgehead atoms. The largest absolute Gasteiger partial charge is 0.334 e. The van der Waals surface area contributed by atoms with Crippen LogP contribution in [0.2, 0.25) is 0 Å². The summed E-state index contributed by atoms with van der Waals surface area (Å²) in [5, 5.41) is 0. The molecule has 0 radical (unpaired) electrons. The molecular formula is C25H25N3O. The molecule has 0 unspecified atom stereocenters. The molecule has 1 amide bonds. The summed E-state index contributed by atoms with van der Waals surface area (Å²) < 4.78 is 2.04. The topological polar surface area (TPSA) is 38.1 Å². The second-order valence-corrected chi connectivity index (χ2v) is 7.48. The van der Waals surface area contributed by atoms with Crippen LogP contribution in [-0.4, -0.2) is 26.4 Å². The maximum absolute atomic E-state index is 13.4. The molecule has 0 aliphatic rings. The molecule has 146 valence electrons. The Labute approximate surface area is 171 Å². The number of hydrogen-bond donors (Lipinski definition) is 0. The maximum atomic E-state index is 13.4. The smallest absolute Gasteiger partial charge is 0.243 e. The number of amides is 1. The van der Waals surface area contributed by atoms with E-state index in [0.717, 1.165) is 28.0 Å². The molecule has 4 heteroatoms. The van der Waals surface area contributed by atoms with E-state index in [9.17, 15) is 4.79 Å². The van der Waals surface area contributed by atoms with Crippen LogP contribution in [0.1, 0.15) is 19.4 Å². The van der Waals surface area contributed by atoms with Crippen LogP contribution in [0, 0.1) is 0 Å². The van der Waals surface area contributed by atoms with Gasteiger partial charge in [-0.25, -0.2) is 4.98 Å². The Kier molecular flexibility index (Phi) is 5.43. The maximum Gasteiger partial charge on any atom is 0.243 e. The molecule has 0 aliphatic carbocycles. The second-order valence-electron chi connectivity index (χ2n) is 7.48. The van der Waals surface area contributed by atoms with E-state index < -0.39 is 0 Å². The molecule has 0 saturated carbocycles. The van der Waals surface area contributed by atoms with Gasteiger partial charge in [0.2, 0.25) is 5.91 Å². The van der Waals surface area contributed by atoms with Crippen LogP contribution >= 0.6 is 0 Å². The first kappa shape index (κ1) is 18.9. The first-order valence-corrected chi connectivity index (χ1v) is 9.97. The third-order valence-corrected chi connectivity index (χ3v) is 5.12. The molecule has 4 rings (SSSR count). The van der Waals surface area contributed by atoms with E-state index in [1.165, 1.54) is 0 Å². The van der Waals surface area contributed by atoms with Crippen LogP contribution < -0.4 is 0 Å². The van der Waals surface area contributed by atoms with Gasteiger partial charge in [-0.1, -0.05) is 72.8 Å². The molecule has 3 aromatic carbocycles. The SMILES string of the molecule is CC(C)N(Cc1ccccc1)C(=O)Cn1c(-c2ccccc2)nc2ccccc21. The van der Waals surface area contributed by atoms with Gasteiger partial charge in [0.15, 0.2) is 0 Å². The van der Waals surface area contributed by atoms with Crippen LogP contribution in [-0.2, 0) is 17.9 Å². The first-order valence-electron chi connectivity index (χ1n) is 9.97. The van der Waals surface area contributed by atoms with Gasteiger partial charge in [0.05, 0.1) is 11.0 Å². The number of imidazole rings is 1. The fraction of sp³-hybridized carbons (Fsp3) is 0.200. The van der Waals surface area contributed by atoms with Gasteiger partial charge in [-0.3, -0.25) is 4.79 Å². The van der Waals surface area contributed by atoms with Crippen LogP contribution in [0.15, 0.2) is 84.9 Å². The van der Waals surface area contributed by atoms with E-state index in [4.69, 9.17) is 4.98 Å². The third-order valence-electron chi connectivity index (χ3n) is 5.12. The molecule has 0 atom stereocenters. The summed E-state index contributed by atoms with van der Waals surface area (Å²) in [6.45, 7) is 4.98. The fourth-order valence-corrected chi connectivity index (χ4v) is 3.61. The molecule has 0 N–H and O–H groups in total. The summed E-state index contributed by atoms with van der Waals surface area (Å²) in [6.07, 6.45) is 0. The quantitative estimate of drug-likeness (QED) is 0.462. The molecule has 0 fully saturated rings. The standard InChI is InChI=1S/C25H25N3O/c1-19(2)27(17-20-11-5-3-6-12-20)24(29)18-28-23-16-10-9-15-22(23)26-25(28)21-13-7-4-8-14-21/h3-16,19H,17-18H2,1-2H3. The Morgan fingerprint density at radius 3 is 2.21 bits per heavy atom. The Bertz CT molecular complexity index is 1100. The van der Waals surface area contributed by atoms with Crippen LogP contribution in [0.3, 0.4) is 0 Å². The Morgan fingerprint density at radius 1 is 0.897 bits per heavy atom. The lowest BCUT2D eigenvalue weighted by molar-refractivity contribution is -0.134. The van der Waals surface area contributed by atoms with Gasteiger partial charge in [0, 0.05) is 18.2 Å². The van der Waals surface area contributed by atoms with Crippen molar-refractivity contribution >= 4 is 16.9 Å². The van der Waals surface area contributed by atoms with Crippen molar-refractivity contribution in [2.24, 2.45) is 0 Å². The highest BCUT2D eigenvalue weighted by atomic mass is 16.2. The summed E-state index contributed by atoms with van der Waals surface area (Å²) in [6, 6.07) is 28.3. The Morgan fingerprint density at radius 2 is 1.52 bits per heavy atom. The predicted molar refractivity (Wildman–Crippen MR) is 117 cm³/mol. The van der Waals surface area contributed by atoms with E-state index >= 15 is 0 Å². The molecule has 1 heterocycles. The zero-order valence-electron chi connectivity index (χ0n) is 16.8. The minimum absolute atomic E-state index is 0.0872. The number of rotatable bonds is 6. The number of aromatic nitrogens is 2. The normalized spacial score (nSPS) is 11.1. The van der Waals surface area contributed by atoms with Crippen molar-refractivity contribution in [1.82, 2.24) is 14.5 Å². The molecule has 0 spiro atoms. The van der Waals surface area contributed by atoms with E-state index in [2.05, 4.69) is 26.0 Å². The van der Waals surface area contributed by atoms with Gasteiger partial charge in [-0.15, -0.1) is 0 Å². The van der Waals surface area contributed by atoms with Gasteiger partial charge < -0.3 is 9.47 Å². The Balaban J connectivity index is 1.69. The highest BCUT2D eigenvalue weighted by Gasteiger charge is 2.21. The minimum atomic E-state index is 0.0872. The highest BCUT2D eigenvalue weighted by molar-refractivity contribution is 5.84. The van der Waals surface area contributed by atoms with Crippen LogP contribution in [0.25, 0.3) is 22.4 Å². The number of para-hydroxylation sites is 2. The van der Waals surface area contributed by atoms with Gasteiger partial charge in [-0.05, 0) is 31.5 Å². The molecule has 0 aliphatic heterocycles. The van der Waals surface area contributed by atoms with E-state index in [0.29, 0.717) is 6.54 Å². The summed E-state index contributed by atoms with van der Waals surface area (Å²) in [7, 11) is 0. The summed E-state index contributed by atoms with van der Waals surface area (Å²) >= 11 is 0. The van der Waals surface area contributed by atoms with Crippen molar-refractivity contribution in [2.45, 2.75) is 33.0 Å². The lowest BCUT2D eigenvalue weighted by Gasteiger charge is -2.27. The monoisotopic (exact) mass is 383 g/mol.